The molecule has 1 amide bonds. The smallest absolute Gasteiger partial charge is 0.328 e. The number of methoxy groups -OCH3 is 1. The number of esters is 1. The van der Waals surface area contributed by atoms with Gasteiger partial charge in [0.15, 0.2) is 0 Å². The molecule has 3 N–H and O–H groups in total. The fourth-order valence-electron chi connectivity index (χ4n) is 1.54. The van der Waals surface area contributed by atoms with E-state index in [-0.39, 0.29) is 5.91 Å². The maximum absolute atomic E-state index is 11.9. The molecule has 1 atom stereocenters. The minimum Gasteiger partial charge on any atom is -0.467 e. The van der Waals surface area contributed by atoms with Gasteiger partial charge in [-0.05, 0) is 19.8 Å². The Morgan fingerprint density at radius 1 is 1.44 bits per heavy atom. The fourth-order valence-corrected chi connectivity index (χ4v) is 1.54. The van der Waals surface area contributed by atoms with Crippen LogP contribution in [0, 0.1) is 0 Å². The largest absolute Gasteiger partial charge is 0.467 e. The first kappa shape index (κ1) is 12.9. The van der Waals surface area contributed by atoms with Crippen LogP contribution in [0.2, 0.25) is 0 Å². The van der Waals surface area contributed by atoms with Crippen molar-refractivity contribution in [2.45, 2.75) is 31.3 Å². The summed E-state index contributed by atoms with van der Waals surface area (Å²) in [6.07, 6.45) is 0.930. The van der Waals surface area contributed by atoms with Gasteiger partial charge < -0.3 is 20.5 Å². The lowest BCUT2D eigenvalue weighted by molar-refractivity contribution is -0.145. The highest BCUT2D eigenvalue weighted by Gasteiger charge is 2.37. The number of hydrogen-bond donors (Lipinski definition) is 2. The third-order valence-corrected chi connectivity index (χ3v) is 2.74. The van der Waals surface area contributed by atoms with Crippen LogP contribution in [0.3, 0.4) is 0 Å². The summed E-state index contributed by atoms with van der Waals surface area (Å²) < 4.78 is 9.65. The van der Waals surface area contributed by atoms with Crippen molar-refractivity contribution in [2.75, 3.05) is 20.3 Å². The zero-order valence-electron chi connectivity index (χ0n) is 9.62. The number of ether oxygens (including phenoxy) is 2. The van der Waals surface area contributed by atoms with Crippen LogP contribution < -0.4 is 11.1 Å². The van der Waals surface area contributed by atoms with Crippen LogP contribution in [-0.2, 0) is 19.1 Å². The van der Waals surface area contributed by atoms with Crippen molar-refractivity contribution in [3.8, 4) is 0 Å². The van der Waals surface area contributed by atoms with Gasteiger partial charge in [0.25, 0.3) is 0 Å². The molecule has 0 aromatic rings. The van der Waals surface area contributed by atoms with Gasteiger partial charge in [-0.25, -0.2) is 4.79 Å². The van der Waals surface area contributed by atoms with Gasteiger partial charge in [-0.2, -0.15) is 0 Å². The highest BCUT2D eigenvalue weighted by atomic mass is 16.5. The van der Waals surface area contributed by atoms with Crippen molar-refractivity contribution in [2.24, 2.45) is 5.73 Å². The normalized spacial score (nSPS) is 20.9. The first-order chi connectivity index (χ1) is 7.49. The third kappa shape index (κ3) is 2.93. The van der Waals surface area contributed by atoms with E-state index >= 15 is 0 Å². The van der Waals surface area contributed by atoms with Crippen LogP contribution in [0.4, 0.5) is 0 Å². The lowest BCUT2D eigenvalue weighted by Crippen LogP contribution is -2.59. The highest BCUT2D eigenvalue weighted by molar-refractivity contribution is 5.90. The van der Waals surface area contributed by atoms with Gasteiger partial charge in [0.1, 0.15) is 6.04 Å². The van der Waals surface area contributed by atoms with Crippen molar-refractivity contribution in [3.63, 3.8) is 0 Å². The number of hydrogen-bond acceptors (Lipinski definition) is 5. The Hall–Kier alpha value is -1.14. The molecule has 1 rings (SSSR count). The van der Waals surface area contributed by atoms with E-state index in [0.29, 0.717) is 26.1 Å². The van der Waals surface area contributed by atoms with Gasteiger partial charge in [0.2, 0.25) is 5.91 Å². The summed E-state index contributed by atoms with van der Waals surface area (Å²) in [5.41, 5.74) is 5.02. The Bertz CT molecular complexity index is 274. The number of nitrogens with two attached hydrogens (primary N) is 1. The van der Waals surface area contributed by atoms with Gasteiger partial charge in [0.05, 0.1) is 12.6 Å². The van der Waals surface area contributed by atoms with E-state index in [2.05, 4.69) is 10.1 Å². The van der Waals surface area contributed by atoms with Crippen LogP contribution in [0.5, 0.6) is 0 Å². The third-order valence-electron chi connectivity index (χ3n) is 2.74. The monoisotopic (exact) mass is 230 g/mol. The summed E-state index contributed by atoms with van der Waals surface area (Å²) >= 11 is 0. The Balaban J connectivity index is 2.53. The number of rotatable bonds is 3. The first-order valence-electron chi connectivity index (χ1n) is 5.25. The van der Waals surface area contributed by atoms with Crippen molar-refractivity contribution in [1.82, 2.24) is 5.32 Å². The summed E-state index contributed by atoms with van der Waals surface area (Å²) in [5, 5.41) is 2.55. The first-order valence-corrected chi connectivity index (χ1v) is 5.25. The van der Waals surface area contributed by atoms with E-state index in [9.17, 15) is 9.59 Å². The van der Waals surface area contributed by atoms with Gasteiger partial charge in [-0.15, -0.1) is 0 Å². The molecule has 6 heteroatoms. The molecule has 0 saturated carbocycles. The molecule has 0 spiro atoms. The minimum absolute atomic E-state index is 0.325. The van der Waals surface area contributed by atoms with Gasteiger partial charge in [-0.1, -0.05) is 0 Å². The van der Waals surface area contributed by atoms with Crippen LogP contribution in [-0.4, -0.2) is 43.8 Å². The molecule has 1 fully saturated rings. The molecule has 0 radical (unpaired) electrons. The number of carbonyl (C=O) groups is 2. The van der Waals surface area contributed by atoms with E-state index in [0.717, 1.165) is 0 Å². The van der Waals surface area contributed by atoms with Crippen molar-refractivity contribution in [3.05, 3.63) is 0 Å². The molecule has 1 heterocycles. The van der Waals surface area contributed by atoms with Crippen molar-refractivity contribution < 1.29 is 19.1 Å². The highest BCUT2D eigenvalue weighted by Crippen LogP contribution is 2.17. The Morgan fingerprint density at radius 3 is 2.50 bits per heavy atom. The topological polar surface area (TPSA) is 90.7 Å². The average molecular weight is 230 g/mol. The van der Waals surface area contributed by atoms with E-state index in [1.165, 1.54) is 7.11 Å². The standard InChI is InChI=1S/C10H18N2O4/c1-7(8(13)15-2)12-9(14)10(11)3-5-16-6-4-10/h7H,3-6,11H2,1-2H3,(H,12,14). The van der Waals surface area contributed by atoms with Crippen LogP contribution in [0.1, 0.15) is 19.8 Å². The van der Waals surface area contributed by atoms with E-state index in [1.54, 1.807) is 6.92 Å². The zero-order chi connectivity index (χ0) is 12.2. The second kappa shape index (κ2) is 5.27. The molecule has 1 unspecified atom stereocenters. The molecule has 6 nitrogen and oxygen atoms in total. The van der Waals surface area contributed by atoms with E-state index in [1.807, 2.05) is 0 Å². The van der Waals surface area contributed by atoms with Crippen LogP contribution in [0.15, 0.2) is 0 Å². The molecule has 0 aromatic carbocycles. The quantitative estimate of drug-likeness (QED) is 0.618. The van der Waals surface area contributed by atoms with Crippen molar-refractivity contribution >= 4 is 11.9 Å². The van der Waals surface area contributed by atoms with E-state index in [4.69, 9.17) is 10.5 Å². The van der Waals surface area contributed by atoms with Gasteiger partial charge in [-0.3, -0.25) is 4.79 Å². The Morgan fingerprint density at radius 2 is 2.00 bits per heavy atom. The average Bonchev–Trinajstić information content (AvgIpc) is 2.28. The summed E-state index contributed by atoms with van der Waals surface area (Å²) in [6.45, 7) is 2.50. The van der Waals surface area contributed by atoms with E-state index < -0.39 is 17.6 Å². The van der Waals surface area contributed by atoms with Crippen LogP contribution >= 0.6 is 0 Å². The summed E-state index contributed by atoms with van der Waals surface area (Å²) in [7, 11) is 1.28. The lowest BCUT2D eigenvalue weighted by atomic mass is 9.90. The molecule has 1 aliphatic rings. The molecule has 1 aliphatic heterocycles. The second-order valence-electron chi connectivity index (χ2n) is 3.99. The number of carbonyl (C=O) groups excluding carboxylic acids is 2. The summed E-state index contributed by atoms with van der Waals surface area (Å²) in [6, 6.07) is -0.680. The summed E-state index contributed by atoms with van der Waals surface area (Å²) in [5.74, 6) is -0.808. The molecule has 16 heavy (non-hydrogen) atoms. The van der Waals surface area contributed by atoms with Gasteiger partial charge in [0, 0.05) is 13.2 Å². The maximum Gasteiger partial charge on any atom is 0.328 e. The Labute approximate surface area is 94.5 Å². The van der Waals surface area contributed by atoms with Crippen molar-refractivity contribution in [1.29, 1.82) is 0 Å². The molecular formula is C10H18N2O4. The SMILES string of the molecule is COC(=O)C(C)NC(=O)C1(N)CCOCC1. The zero-order valence-corrected chi connectivity index (χ0v) is 9.62. The van der Waals surface area contributed by atoms with Gasteiger partial charge >= 0.3 is 5.97 Å². The molecule has 92 valence electrons. The van der Waals surface area contributed by atoms with Crippen LogP contribution in [0.25, 0.3) is 0 Å². The molecule has 0 aliphatic carbocycles. The Kier molecular flexibility index (Phi) is 4.26. The lowest BCUT2D eigenvalue weighted by Gasteiger charge is -2.32. The summed E-state index contributed by atoms with van der Waals surface area (Å²) in [4.78, 5) is 23.0. The number of amides is 1. The predicted octanol–water partition coefficient (Wildman–Crippen LogP) is -0.828. The molecular weight excluding hydrogens is 212 g/mol. The molecule has 0 aromatic heterocycles. The molecule has 1 saturated heterocycles. The maximum atomic E-state index is 11.9. The predicted molar refractivity (Wildman–Crippen MR) is 56.6 cm³/mol. The minimum atomic E-state index is -0.930. The number of nitrogens with one attached hydrogen (secondary N) is 1. The fraction of sp³-hybridized carbons (Fsp3) is 0.800. The molecule has 0 bridgehead atoms. The second-order valence-corrected chi connectivity index (χ2v) is 3.99.